The molecule has 2 heterocycles. The van der Waals surface area contributed by atoms with E-state index in [4.69, 9.17) is 5.84 Å². The summed E-state index contributed by atoms with van der Waals surface area (Å²) in [4.78, 5) is 14.3. The number of hydrogen-bond acceptors (Lipinski definition) is 5. The smallest absolute Gasteiger partial charge is 0.253 e. The highest BCUT2D eigenvalue weighted by atomic mass is 32.2. The zero-order chi connectivity index (χ0) is 19.5. The summed E-state index contributed by atoms with van der Waals surface area (Å²) in [6.45, 7) is 1.68. The quantitative estimate of drug-likeness (QED) is 0.528. The van der Waals surface area contributed by atoms with Crippen molar-refractivity contribution in [2.24, 2.45) is 0 Å². The highest BCUT2D eigenvalue weighted by Gasteiger charge is 2.19. The van der Waals surface area contributed by atoms with Gasteiger partial charge in [0, 0.05) is 24.4 Å². The molecular weight excluding hydrogens is 377 g/mol. The maximum atomic E-state index is 14.0. The van der Waals surface area contributed by atoms with E-state index in [0.717, 1.165) is 31.5 Å². The van der Waals surface area contributed by atoms with E-state index in [2.05, 4.69) is 10.2 Å². The normalized spacial score (nSPS) is 13.8. The standard InChI is InChI=1S/C20H20FN5OS/c21-17-6-2-1-5-16(17)18-23-24-20(26(18)22)28-13-14-7-9-15(10-8-14)19(27)25-11-3-4-12-25/h1-2,5-10H,3-4,11-13,22H2. The Morgan fingerprint density at radius 2 is 1.79 bits per heavy atom. The van der Waals surface area contributed by atoms with E-state index in [-0.39, 0.29) is 11.7 Å². The molecule has 1 amide bonds. The van der Waals surface area contributed by atoms with Crippen LogP contribution in [0.2, 0.25) is 0 Å². The van der Waals surface area contributed by atoms with Crippen molar-refractivity contribution in [3.63, 3.8) is 0 Å². The van der Waals surface area contributed by atoms with Crippen LogP contribution in [0.3, 0.4) is 0 Å². The van der Waals surface area contributed by atoms with Gasteiger partial charge >= 0.3 is 0 Å². The molecule has 4 rings (SSSR count). The first-order valence-electron chi connectivity index (χ1n) is 9.10. The first kappa shape index (κ1) is 18.5. The third kappa shape index (κ3) is 3.73. The number of nitrogens with two attached hydrogens (primary N) is 1. The Hall–Kier alpha value is -2.87. The van der Waals surface area contributed by atoms with Gasteiger partial charge in [-0.25, -0.2) is 9.07 Å². The molecule has 0 radical (unpaired) electrons. The monoisotopic (exact) mass is 397 g/mol. The van der Waals surface area contributed by atoms with Crippen LogP contribution in [0, 0.1) is 5.82 Å². The highest BCUT2D eigenvalue weighted by Crippen LogP contribution is 2.26. The molecule has 2 aromatic carbocycles. The van der Waals surface area contributed by atoms with Crippen LogP contribution in [0.5, 0.6) is 0 Å². The minimum absolute atomic E-state index is 0.0907. The zero-order valence-corrected chi connectivity index (χ0v) is 16.0. The number of thioether (sulfide) groups is 1. The average Bonchev–Trinajstić information content (AvgIpc) is 3.37. The lowest BCUT2D eigenvalue weighted by Gasteiger charge is -2.15. The van der Waals surface area contributed by atoms with Crippen molar-refractivity contribution in [3.05, 3.63) is 65.5 Å². The number of carbonyl (C=O) groups excluding carboxylic acids is 1. The number of benzene rings is 2. The van der Waals surface area contributed by atoms with E-state index in [1.165, 1.54) is 22.5 Å². The fraction of sp³-hybridized carbons (Fsp3) is 0.250. The first-order chi connectivity index (χ1) is 13.6. The Morgan fingerprint density at radius 1 is 1.07 bits per heavy atom. The van der Waals surface area contributed by atoms with Crippen LogP contribution in [0.4, 0.5) is 4.39 Å². The molecule has 6 nitrogen and oxygen atoms in total. The van der Waals surface area contributed by atoms with E-state index >= 15 is 0 Å². The van der Waals surface area contributed by atoms with Gasteiger partial charge in [0.2, 0.25) is 5.16 Å². The summed E-state index contributed by atoms with van der Waals surface area (Å²) in [5, 5.41) is 8.58. The fourth-order valence-electron chi connectivity index (χ4n) is 3.20. The number of rotatable bonds is 5. The topological polar surface area (TPSA) is 77.0 Å². The number of amides is 1. The lowest BCUT2D eigenvalue weighted by molar-refractivity contribution is 0.0793. The number of nitrogens with zero attached hydrogens (tertiary/aromatic N) is 4. The van der Waals surface area contributed by atoms with Crippen LogP contribution < -0.4 is 5.84 Å². The second-order valence-corrected chi connectivity index (χ2v) is 7.58. The predicted octanol–water partition coefficient (Wildman–Crippen LogP) is 3.33. The summed E-state index contributed by atoms with van der Waals surface area (Å²) in [6.07, 6.45) is 2.16. The number of hydrogen-bond donors (Lipinski definition) is 1. The molecule has 2 N–H and O–H groups in total. The van der Waals surface area contributed by atoms with Gasteiger partial charge in [-0.2, -0.15) is 0 Å². The Kier molecular flexibility index (Phi) is 5.29. The predicted molar refractivity (Wildman–Crippen MR) is 107 cm³/mol. The van der Waals surface area contributed by atoms with Gasteiger partial charge in [-0.05, 0) is 42.7 Å². The number of likely N-dealkylation sites (tertiary alicyclic amines) is 1. The van der Waals surface area contributed by atoms with Crippen LogP contribution in [0.15, 0.2) is 53.7 Å². The fourth-order valence-corrected chi connectivity index (χ4v) is 4.01. The molecule has 0 bridgehead atoms. The molecule has 144 valence electrons. The van der Waals surface area contributed by atoms with Crippen LogP contribution >= 0.6 is 11.8 Å². The molecule has 0 atom stereocenters. The van der Waals surface area contributed by atoms with Crippen molar-refractivity contribution in [1.29, 1.82) is 0 Å². The molecule has 1 fully saturated rings. The van der Waals surface area contributed by atoms with Gasteiger partial charge in [0.25, 0.3) is 5.91 Å². The molecule has 1 saturated heterocycles. The summed E-state index contributed by atoms with van der Waals surface area (Å²) in [7, 11) is 0. The van der Waals surface area contributed by atoms with E-state index in [1.807, 2.05) is 29.2 Å². The van der Waals surface area contributed by atoms with Crippen LogP contribution in [-0.2, 0) is 5.75 Å². The van der Waals surface area contributed by atoms with Crippen molar-refractivity contribution in [2.75, 3.05) is 18.9 Å². The Bertz CT molecular complexity index is 983. The van der Waals surface area contributed by atoms with Gasteiger partial charge in [-0.3, -0.25) is 4.79 Å². The van der Waals surface area contributed by atoms with Gasteiger partial charge in [0.1, 0.15) is 5.82 Å². The van der Waals surface area contributed by atoms with Crippen molar-refractivity contribution < 1.29 is 9.18 Å². The van der Waals surface area contributed by atoms with Gasteiger partial charge in [0.05, 0.1) is 5.56 Å². The Morgan fingerprint density at radius 3 is 2.50 bits per heavy atom. The Labute approximate surface area is 166 Å². The first-order valence-corrected chi connectivity index (χ1v) is 10.1. The van der Waals surface area contributed by atoms with E-state index in [0.29, 0.717) is 22.0 Å². The number of aromatic nitrogens is 3. The molecule has 0 spiro atoms. The molecule has 8 heteroatoms. The third-order valence-electron chi connectivity index (χ3n) is 4.74. The summed E-state index contributed by atoms with van der Waals surface area (Å²) in [6, 6.07) is 13.9. The van der Waals surface area contributed by atoms with Crippen molar-refractivity contribution in [3.8, 4) is 11.4 Å². The maximum absolute atomic E-state index is 14.0. The Balaban J connectivity index is 1.42. The molecule has 1 aliphatic heterocycles. The number of halogens is 1. The summed E-state index contributed by atoms with van der Waals surface area (Å²) < 4.78 is 15.3. The second kappa shape index (κ2) is 8.02. The van der Waals surface area contributed by atoms with E-state index in [1.54, 1.807) is 18.2 Å². The lowest BCUT2D eigenvalue weighted by Crippen LogP contribution is -2.27. The lowest BCUT2D eigenvalue weighted by atomic mass is 10.1. The largest absolute Gasteiger partial charge is 0.339 e. The van der Waals surface area contributed by atoms with Crippen molar-refractivity contribution >= 4 is 17.7 Å². The van der Waals surface area contributed by atoms with Gasteiger partial charge in [-0.1, -0.05) is 36.0 Å². The van der Waals surface area contributed by atoms with Gasteiger partial charge in [-0.15, -0.1) is 10.2 Å². The molecule has 28 heavy (non-hydrogen) atoms. The molecule has 3 aromatic rings. The second-order valence-electron chi connectivity index (χ2n) is 6.64. The van der Waals surface area contributed by atoms with Crippen molar-refractivity contribution in [1.82, 2.24) is 19.8 Å². The number of nitrogen functional groups attached to an aromatic ring is 1. The summed E-state index contributed by atoms with van der Waals surface area (Å²) >= 11 is 1.41. The van der Waals surface area contributed by atoms with Gasteiger partial charge < -0.3 is 10.7 Å². The maximum Gasteiger partial charge on any atom is 0.253 e. The average molecular weight is 397 g/mol. The molecule has 1 aliphatic rings. The van der Waals surface area contributed by atoms with E-state index in [9.17, 15) is 9.18 Å². The molecule has 1 aromatic heterocycles. The summed E-state index contributed by atoms with van der Waals surface area (Å²) in [5.41, 5.74) is 2.06. The van der Waals surface area contributed by atoms with Crippen LogP contribution in [0.25, 0.3) is 11.4 Å². The summed E-state index contributed by atoms with van der Waals surface area (Å²) in [5.74, 6) is 6.65. The molecule has 0 aliphatic carbocycles. The minimum atomic E-state index is -0.392. The minimum Gasteiger partial charge on any atom is -0.339 e. The van der Waals surface area contributed by atoms with Crippen LogP contribution in [-0.4, -0.2) is 38.8 Å². The van der Waals surface area contributed by atoms with Crippen LogP contribution in [0.1, 0.15) is 28.8 Å². The van der Waals surface area contributed by atoms with Gasteiger partial charge in [0.15, 0.2) is 5.82 Å². The third-order valence-corrected chi connectivity index (χ3v) is 5.76. The SMILES string of the molecule is Nn1c(SCc2ccc(C(=O)N3CCCC3)cc2)nnc1-c1ccccc1F. The molecule has 0 unspecified atom stereocenters. The zero-order valence-electron chi connectivity index (χ0n) is 15.2. The number of carbonyl (C=O) groups is 1. The molecule has 0 saturated carbocycles. The highest BCUT2D eigenvalue weighted by molar-refractivity contribution is 7.98. The molecular formula is C20H20FN5OS. The van der Waals surface area contributed by atoms with E-state index < -0.39 is 5.82 Å². The van der Waals surface area contributed by atoms with Crippen molar-refractivity contribution in [2.45, 2.75) is 23.8 Å².